The van der Waals surface area contributed by atoms with Gasteiger partial charge in [-0.1, -0.05) is 29.3 Å². The van der Waals surface area contributed by atoms with Crippen molar-refractivity contribution in [2.24, 2.45) is 0 Å². The summed E-state index contributed by atoms with van der Waals surface area (Å²) in [6, 6.07) is 8.37. The maximum absolute atomic E-state index is 12.8. The Balaban J connectivity index is 1.94. The van der Waals surface area contributed by atoms with E-state index < -0.39 is 6.09 Å². The van der Waals surface area contributed by atoms with E-state index in [9.17, 15) is 9.59 Å². The van der Waals surface area contributed by atoms with Crippen molar-refractivity contribution in [1.82, 2.24) is 5.32 Å². The molecular formula is C23H26Cl2N2O5. The lowest BCUT2D eigenvalue weighted by atomic mass is 9.85. The topological polar surface area (TPSA) is 77.1 Å². The zero-order valence-electron chi connectivity index (χ0n) is 18.4. The van der Waals surface area contributed by atoms with Crippen LogP contribution in [0.25, 0.3) is 0 Å². The second kappa shape index (κ2) is 10.3. The maximum Gasteiger partial charge on any atom is 0.414 e. The van der Waals surface area contributed by atoms with Gasteiger partial charge in [0.2, 0.25) is 0 Å². The lowest BCUT2D eigenvalue weighted by Gasteiger charge is -2.39. The maximum atomic E-state index is 12.8. The summed E-state index contributed by atoms with van der Waals surface area (Å²) in [5.41, 5.74) is 1.75. The van der Waals surface area contributed by atoms with Gasteiger partial charge in [0.15, 0.2) is 11.5 Å². The number of carbonyl (C=O) groups excluding carboxylic acids is 2. The highest BCUT2D eigenvalue weighted by atomic mass is 35.5. The van der Waals surface area contributed by atoms with Gasteiger partial charge in [-0.25, -0.2) is 4.79 Å². The lowest BCUT2D eigenvalue weighted by Crippen LogP contribution is -2.45. The molecule has 0 aromatic heterocycles. The van der Waals surface area contributed by atoms with Gasteiger partial charge >= 0.3 is 6.09 Å². The molecule has 0 radical (unpaired) electrons. The van der Waals surface area contributed by atoms with Crippen LogP contribution in [0.2, 0.25) is 10.0 Å². The molecule has 0 fully saturated rings. The minimum absolute atomic E-state index is 0.0873. The summed E-state index contributed by atoms with van der Waals surface area (Å²) in [5.74, 6) is 0.592. The third kappa shape index (κ3) is 4.74. The predicted molar refractivity (Wildman–Crippen MR) is 125 cm³/mol. The number of benzene rings is 2. The molecule has 0 aliphatic carbocycles. The van der Waals surface area contributed by atoms with Gasteiger partial charge in [-0.05, 0) is 44.0 Å². The molecular weight excluding hydrogens is 455 g/mol. The molecule has 2 aromatic carbocycles. The summed E-state index contributed by atoms with van der Waals surface area (Å²) in [4.78, 5) is 27.1. The molecule has 1 aliphatic rings. The number of methoxy groups -OCH3 is 2. The van der Waals surface area contributed by atoms with Crippen molar-refractivity contribution < 1.29 is 23.8 Å². The summed E-state index contributed by atoms with van der Waals surface area (Å²) >= 11 is 12.3. The van der Waals surface area contributed by atoms with E-state index in [1.807, 2.05) is 13.0 Å². The SMILES string of the molecule is CCOC(=O)N1c2cc(OC)c(OC)cc2C(CNC(=O)c2c(Cl)cccc2Cl)CC1C. The Morgan fingerprint density at radius 2 is 1.75 bits per heavy atom. The first-order valence-electron chi connectivity index (χ1n) is 10.3. The number of fused-ring (bicyclic) bond motifs is 1. The number of nitrogens with zero attached hydrogens (tertiary/aromatic N) is 1. The van der Waals surface area contributed by atoms with Crippen LogP contribution in [0.15, 0.2) is 30.3 Å². The Morgan fingerprint density at radius 1 is 1.12 bits per heavy atom. The molecule has 7 nitrogen and oxygen atoms in total. The van der Waals surface area contributed by atoms with Crippen molar-refractivity contribution in [3.63, 3.8) is 0 Å². The van der Waals surface area contributed by atoms with Crippen LogP contribution in [-0.4, -0.2) is 45.4 Å². The zero-order chi connectivity index (χ0) is 23.4. The molecule has 0 saturated heterocycles. The van der Waals surface area contributed by atoms with E-state index in [-0.39, 0.29) is 40.1 Å². The molecule has 1 N–H and O–H groups in total. The molecule has 0 bridgehead atoms. The molecule has 1 aliphatic heterocycles. The largest absolute Gasteiger partial charge is 0.493 e. The van der Waals surface area contributed by atoms with Gasteiger partial charge in [0, 0.05) is 24.6 Å². The average Bonchev–Trinajstić information content (AvgIpc) is 2.76. The Bertz CT molecular complexity index is 994. The number of halogens is 2. The third-order valence-electron chi connectivity index (χ3n) is 5.46. The molecule has 0 spiro atoms. The molecule has 2 amide bonds. The second-order valence-electron chi connectivity index (χ2n) is 7.42. The summed E-state index contributed by atoms with van der Waals surface area (Å²) in [5, 5.41) is 3.50. The Labute approximate surface area is 197 Å². The van der Waals surface area contributed by atoms with Gasteiger partial charge in [0.1, 0.15) is 0 Å². The minimum Gasteiger partial charge on any atom is -0.493 e. The van der Waals surface area contributed by atoms with Gasteiger partial charge in [-0.3, -0.25) is 9.69 Å². The number of nitrogens with one attached hydrogen (secondary N) is 1. The summed E-state index contributed by atoms with van der Waals surface area (Å²) in [7, 11) is 3.09. The number of carbonyl (C=O) groups is 2. The zero-order valence-corrected chi connectivity index (χ0v) is 19.9. The second-order valence-corrected chi connectivity index (χ2v) is 8.24. The molecule has 3 rings (SSSR count). The molecule has 0 saturated carbocycles. The fraction of sp³-hybridized carbons (Fsp3) is 0.391. The minimum atomic E-state index is -0.432. The molecule has 2 aromatic rings. The number of ether oxygens (including phenoxy) is 3. The van der Waals surface area contributed by atoms with E-state index in [2.05, 4.69) is 5.32 Å². The first-order chi connectivity index (χ1) is 15.3. The number of amides is 2. The van der Waals surface area contributed by atoms with E-state index in [0.29, 0.717) is 30.2 Å². The van der Waals surface area contributed by atoms with E-state index in [0.717, 1.165) is 5.56 Å². The first-order valence-corrected chi connectivity index (χ1v) is 11.0. The van der Waals surface area contributed by atoms with Crippen LogP contribution in [0.3, 0.4) is 0 Å². The van der Waals surface area contributed by atoms with Crippen molar-refractivity contribution in [2.75, 3.05) is 32.3 Å². The normalized spacial score (nSPS) is 17.4. The van der Waals surface area contributed by atoms with Gasteiger partial charge in [0.25, 0.3) is 5.91 Å². The van der Waals surface area contributed by atoms with E-state index >= 15 is 0 Å². The summed E-state index contributed by atoms with van der Waals surface area (Å²) in [6.07, 6.45) is 0.177. The van der Waals surface area contributed by atoms with Crippen molar-refractivity contribution in [2.45, 2.75) is 32.2 Å². The monoisotopic (exact) mass is 480 g/mol. The Morgan fingerprint density at radius 3 is 2.34 bits per heavy atom. The predicted octanol–water partition coefficient (Wildman–Crippen LogP) is 5.28. The van der Waals surface area contributed by atoms with Gasteiger partial charge in [0.05, 0.1) is 42.1 Å². The van der Waals surface area contributed by atoms with E-state index in [4.69, 9.17) is 37.4 Å². The van der Waals surface area contributed by atoms with Crippen LogP contribution >= 0.6 is 23.2 Å². The van der Waals surface area contributed by atoms with Crippen molar-refractivity contribution >= 4 is 40.9 Å². The van der Waals surface area contributed by atoms with Crippen LogP contribution in [0.5, 0.6) is 11.5 Å². The number of hydrogen-bond donors (Lipinski definition) is 1. The van der Waals surface area contributed by atoms with E-state index in [1.165, 1.54) is 7.11 Å². The van der Waals surface area contributed by atoms with Crippen molar-refractivity contribution in [1.29, 1.82) is 0 Å². The average molecular weight is 481 g/mol. The van der Waals surface area contributed by atoms with Gasteiger partial charge in [-0.2, -0.15) is 0 Å². The van der Waals surface area contributed by atoms with Gasteiger partial charge in [-0.15, -0.1) is 0 Å². The summed E-state index contributed by atoms with van der Waals surface area (Å²) < 4.78 is 16.2. The number of anilines is 1. The molecule has 1 heterocycles. The molecule has 32 heavy (non-hydrogen) atoms. The van der Waals surface area contributed by atoms with E-state index in [1.54, 1.807) is 43.2 Å². The molecule has 2 atom stereocenters. The molecule has 9 heteroatoms. The Hall–Kier alpha value is -2.64. The highest BCUT2D eigenvalue weighted by Crippen LogP contribution is 2.44. The smallest absolute Gasteiger partial charge is 0.414 e. The van der Waals surface area contributed by atoms with Crippen LogP contribution < -0.4 is 19.7 Å². The van der Waals surface area contributed by atoms with Crippen LogP contribution in [-0.2, 0) is 4.74 Å². The van der Waals surface area contributed by atoms with Crippen molar-refractivity contribution in [3.05, 3.63) is 51.5 Å². The van der Waals surface area contributed by atoms with Crippen LogP contribution in [0.4, 0.5) is 10.5 Å². The van der Waals surface area contributed by atoms with Crippen molar-refractivity contribution in [3.8, 4) is 11.5 Å². The quantitative estimate of drug-likeness (QED) is 0.608. The number of hydrogen-bond acceptors (Lipinski definition) is 5. The Kier molecular flexibility index (Phi) is 7.74. The highest BCUT2D eigenvalue weighted by molar-refractivity contribution is 6.39. The summed E-state index contributed by atoms with van der Waals surface area (Å²) in [6.45, 7) is 4.29. The fourth-order valence-corrected chi connectivity index (χ4v) is 4.55. The fourth-order valence-electron chi connectivity index (χ4n) is 3.98. The van der Waals surface area contributed by atoms with Gasteiger partial charge < -0.3 is 19.5 Å². The standard InChI is InChI=1S/C23H26Cl2N2O5/c1-5-32-23(29)27-13(2)9-14(15-10-19(30-3)20(31-4)11-18(15)27)12-26-22(28)21-16(24)7-6-8-17(21)25/h6-8,10-11,13-14H,5,9,12H2,1-4H3,(H,26,28). The molecule has 2 unspecified atom stereocenters. The third-order valence-corrected chi connectivity index (χ3v) is 6.09. The number of rotatable bonds is 6. The highest BCUT2D eigenvalue weighted by Gasteiger charge is 2.36. The van der Waals surface area contributed by atoms with Crippen LogP contribution in [0.1, 0.15) is 42.1 Å². The first kappa shape index (κ1) is 24.0. The van der Waals surface area contributed by atoms with Crippen LogP contribution in [0, 0.1) is 0 Å². The lowest BCUT2D eigenvalue weighted by molar-refractivity contribution is 0.0949. The molecule has 172 valence electrons.